The Kier molecular flexibility index (Phi) is 5.35. The normalized spacial score (nSPS) is 16.8. The van der Waals surface area contributed by atoms with Crippen LogP contribution in [0.4, 0.5) is 5.82 Å². The molecule has 0 spiro atoms. The number of anilines is 1. The first-order valence-electron chi connectivity index (χ1n) is 7.36. The van der Waals surface area contributed by atoms with Gasteiger partial charge in [0.25, 0.3) is 0 Å². The topological polar surface area (TPSA) is 48.5 Å². The average Bonchev–Trinajstić information content (AvgIpc) is 2.65. The number of hydrogen-bond donors (Lipinski definition) is 1. The number of pyridine rings is 1. The smallest absolute Gasteiger partial charge is 0.219 e. The van der Waals surface area contributed by atoms with Crippen LogP contribution in [0.2, 0.25) is 0 Å². The second kappa shape index (κ2) is 7.24. The first-order chi connectivity index (χ1) is 9.69. The van der Waals surface area contributed by atoms with Crippen molar-refractivity contribution in [1.29, 1.82) is 0 Å². The maximum Gasteiger partial charge on any atom is 0.219 e. The number of rotatable bonds is 4. The molecule has 0 radical (unpaired) electrons. The van der Waals surface area contributed by atoms with Crippen LogP contribution in [0.3, 0.4) is 0 Å². The lowest BCUT2D eigenvalue weighted by Gasteiger charge is -2.20. The molecule has 0 atom stereocenters. The van der Waals surface area contributed by atoms with Crippen LogP contribution in [0, 0.1) is 0 Å². The van der Waals surface area contributed by atoms with Crippen LogP contribution in [0.25, 0.3) is 0 Å². The van der Waals surface area contributed by atoms with Gasteiger partial charge in [0.15, 0.2) is 0 Å². The minimum absolute atomic E-state index is 0.180. The third kappa shape index (κ3) is 4.20. The van der Waals surface area contributed by atoms with Gasteiger partial charge in [-0.05, 0) is 25.5 Å². The molecule has 1 aliphatic rings. The lowest BCUT2D eigenvalue weighted by molar-refractivity contribution is -0.128. The zero-order valence-electron chi connectivity index (χ0n) is 12.4. The van der Waals surface area contributed by atoms with E-state index in [1.54, 1.807) is 6.92 Å². The van der Waals surface area contributed by atoms with Crippen molar-refractivity contribution >= 4 is 11.7 Å². The number of carbonyl (C=O) groups excluding carboxylic acids is 1. The standard InChI is InChI=1S/C15H24N4O/c1-3-16-15-7-4-6-14(17-15)12-18-8-5-9-19(11-10-18)13(2)20/h4,6-7H,3,5,8-12H2,1-2H3,(H,16,17). The van der Waals surface area contributed by atoms with Gasteiger partial charge in [0.05, 0.1) is 5.69 Å². The highest BCUT2D eigenvalue weighted by Gasteiger charge is 2.16. The highest BCUT2D eigenvalue weighted by atomic mass is 16.2. The Hall–Kier alpha value is -1.62. The zero-order chi connectivity index (χ0) is 14.4. The molecule has 0 bridgehead atoms. The predicted molar refractivity (Wildman–Crippen MR) is 80.5 cm³/mol. The molecule has 2 rings (SSSR count). The molecule has 1 aromatic rings. The van der Waals surface area contributed by atoms with Crippen LogP contribution in [-0.4, -0.2) is 53.4 Å². The number of carbonyl (C=O) groups is 1. The van der Waals surface area contributed by atoms with E-state index in [4.69, 9.17) is 0 Å². The van der Waals surface area contributed by atoms with E-state index in [0.29, 0.717) is 0 Å². The van der Waals surface area contributed by atoms with E-state index >= 15 is 0 Å². The molecule has 2 heterocycles. The second-order valence-corrected chi connectivity index (χ2v) is 5.18. The van der Waals surface area contributed by atoms with Crippen molar-refractivity contribution in [2.45, 2.75) is 26.8 Å². The quantitative estimate of drug-likeness (QED) is 0.907. The van der Waals surface area contributed by atoms with Gasteiger partial charge in [0.1, 0.15) is 5.82 Å². The van der Waals surface area contributed by atoms with Crippen molar-refractivity contribution < 1.29 is 4.79 Å². The van der Waals surface area contributed by atoms with Gasteiger partial charge in [-0.1, -0.05) is 6.07 Å². The van der Waals surface area contributed by atoms with Crippen molar-refractivity contribution in [2.75, 3.05) is 38.0 Å². The van der Waals surface area contributed by atoms with Crippen LogP contribution in [-0.2, 0) is 11.3 Å². The Morgan fingerprint density at radius 3 is 2.90 bits per heavy atom. The summed E-state index contributed by atoms with van der Waals surface area (Å²) in [5.74, 6) is 1.12. The first kappa shape index (κ1) is 14.8. The Bertz CT molecular complexity index is 449. The Morgan fingerprint density at radius 2 is 2.15 bits per heavy atom. The maximum absolute atomic E-state index is 11.4. The van der Waals surface area contributed by atoms with Crippen LogP contribution < -0.4 is 5.32 Å². The molecule has 1 aromatic heterocycles. The van der Waals surface area contributed by atoms with E-state index in [1.807, 2.05) is 17.0 Å². The molecule has 1 aliphatic heterocycles. The molecule has 5 nitrogen and oxygen atoms in total. The third-order valence-electron chi connectivity index (χ3n) is 3.58. The molecule has 0 unspecified atom stereocenters. The van der Waals surface area contributed by atoms with Crippen molar-refractivity contribution in [3.63, 3.8) is 0 Å². The Balaban J connectivity index is 1.92. The summed E-state index contributed by atoms with van der Waals surface area (Å²) in [4.78, 5) is 20.3. The van der Waals surface area contributed by atoms with Gasteiger partial charge < -0.3 is 10.2 Å². The van der Waals surface area contributed by atoms with Gasteiger partial charge in [0, 0.05) is 46.2 Å². The van der Waals surface area contributed by atoms with Gasteiger partial charge >= 0.3 is 0 Å². The number of nitrogens with one attached hydrogen (secondary N) is 1. The van der Waals surface area contributed by atoms with E-state index in [1.165, 1.54) is 0 Å². The lowest BCUT2D eigenvalue weighted by Crippen LogP contribution is -2.33. The highest BCUT2D eigenvalue weighted by molar-refractivity contribution is 5.73. The van der Waals surface area contributed by atoms with Crippen molar-refractivity contribution in [3.8, 4) is 0 Å². The van der Waals surface area contributed by atoms with E-state index in [2.05, 4.69) is 28.2 Å². The fourth-order valence-electron chi connectivity index (χ4n) is 2.52. The zero-order valence-corrected chi connectivity index (χ0v) is 12.4. The summed E-state index contributed by atoms with van der Waals surface area (Å²) in [7, 11) is 0. The van der Waals surface area contributed by atoms with Gasteiger partial charge in [-0.25, -0.2) is 4.98 Å². The van der Waals surface area contributed by atoms with Crippen LogP contribution in [0.5, 0.6) is 0 Å². The summed E-state index contributed by atoms with van der Waals surface area (Å²) in [6.45, 7) is 9.10. The fourth-order valence-corrected chi connectivity index (χ4v) is 2.52. The molecule has 1 fully saturated rings. The number of hydrogen-bond acceptors (Lipinski definition) is 4. The molecule has 1 saturated heterocycles. The molecule has 0 aromatic carbocycles. The monoisotopic (exact) mass is 276 g/mol. The van der Waals surface area contributed by atoms with Crippen molar-refractivity contribution in [2.24, 2.45) is 0 Å². The predicted octanol–water partition coefficient (Wildman–Crippen LogP) is 1.57. The second-order valence-electron chi connectivity index (χ2n) is 5.18. The summed E-state index contributed by atoms with van der Waals surface area (Å²) in [5.41, 5.74) is 1.08. The van der Waals surface area contributed by atoms with E-state index < -0.39 is 0 Å². The molecule has 0 aliphatic carbocycles. The SMILES string of the molecule is CCNc1cccc(CN2CCCN(C(C)=O)CC2)n1. The van der Waals surface area contributed by atoms with Gasteiger partial charge in [-0.3, -0.25) is 9.69 Å². The van der Waals surface area contributed by atoms with E-state index in [0.717, 1.165) is 57.2 Å². The summed E-state index contributed by atoms with van der Waals surface area (Å²) in [5, 5.41) is 3.24. The fraction of sp³-hybridized carbons (Fsp3) is 0.600. The van der Waals surface area contributed by atoms with Crippen molar-refractivity contribution in [3.05, 3.63) is 23.9 Å². The lowest BCUT2D eigenvalue weighted by atomic mass is 10.3. The Morgan fingerprint density at radius 1 is 1.30 bits per heavy atom. The number of amides is 1. The minimum atomic E-state index is 0.180. The minimum Gasteiger partial charge on any atom is -0.370 e. The highest BCUT2D eigenvalue weighted by Crippen LogP contribution is 2.10. The molecule has 0 saturated carbocycles. The van der Waals surface area contributed by atoms with Crippen molar-refractivity contribution in [1.82, 2.24) is 14.8 Å². The summed E-state index contributed by atoms with van der Waals surface area (Å²) in [6.07, 6.45) is 1.03. The van der Waals surface area contributed by atoms with Crippen LogP contribution in [0.15, 0.2) is 18.2 Å². The molecular weight excluding hydrogens is 252 g/mol. The molecule has 1 N–H and O–H groups in total. The summed E-state index contributed by atoms with van der Waals surface area (Å²) in [6, 6.07) is 6.10. The molecular formula is C15H24N4O. The average molecular weight is 276 g/mol. The Labute approximate surface area is 121 Å². The molecule has 20 heavy (non-hydrogen) atoms. The molecule has 1 amide bonds. The van der Waals surface area contributed by atoms with Crippen LogP contribution >= 0.6 is 0 Å². The molecule has 110 valence electrons. The van der Waals surface area contributed by atoms with Gasteiger partial charge in [-0.2, -0.15) is 0 Å². The molecule has 5 heteroatoms. The van der Waals surface area contributed by atoms with Crippen LogP contribution in [0.1, 0.15) is 26.0 Å². The largest absolute Gasteiger partial charge is 0.370 e. The number of nitrogens with zero attached hydrogens (tertiary/aromatic N) is 3. The third-order valence-corrected chi connectivity index (χ3v) is 3.58. The van der Waals surface area contributed by atoms with E-state index in [-0.39, 0.29) is 5.91 Å². The summed E-state index contributed by atoms with van der Waals surface area (Å²) < 4.78 is 0. The maximum atomic E-state index is 11.4. The van der Waals surface area contributed by atoms with Gasteiger partial charge in [0.2, 0.25) is 5.91 Å². The summed E-state index contributed by atoms with van der Waals surface area (Å²) >= 11 is 0. The van der Waals surface area contributed by atoms with E-state index in [9.17, 15) is 4.79 Å². The number of aromatic nitrogens is 1. The first-order valence-corrected chi connectivity index (χ1v) is 7.36. The van der Waals surface area contributed by atoms with Gasteiger partial charge in [-0.15, -0.1) is 0 Å².